The summed E-state index contributed by atoms with van der Waals surface area (Å²) in [6, 6.07) is 31.6. The smallest absolute Gasteiger partial charge is 0.0797 e. The van der Waals surface area contributed by atoms with Gasteiger partial charge in [-0.15, -0.1) is 22.7 Å². The molecule has 4 aromatic carbocycles. The standard InChI is InChI=1S/C33H24N2S2/c1-33(2)29-15-25(21-3-7-23(8-4-21)31-17-34-19-36-31)11-13-27(29)28-14-12-26(16-30(28)33)22-5-9-24(10-6-22)32-18-35-20-37-32/h3-20H,1-2H3. The lowest BCUT2D eigenvalue weighted by molar-refractivity contribution is 0.661. The first-order chi connectivity index (χ1) is 18.1. The van der Waals surface area contributed by atoms with Crippen LogP contribution in [0.5, 0.6) is 0 Å². The van der Waals surface area contributed by atoms with Gasteiger partial charge in [0, 0.05) is 17.8 Å². The van der Waals surface area contributed by atoms with Gasteiger partial charge in [-0.3, -0.25) is 9.97 Å². The predicted molar refractivity (Wildman–Crippen MR) is 157 cm³/mol. The Morgan fingerprint density at radius 3 is 1.24 bits per heavy atom. The summed E-state index contributed by atoms with van der Waals surface area (Å²) in [5, 5.41) is 0. The van der Waals surface area contributed by atoms with Crippen molar-refractivity contribution in [1.29, 1.82) is 0 Å². The first-order valence-corrected chi connectivity index (χ1v) is 14.1. The highest BCUT2D eigenvalue weighted by Gasteiger charge is 2.35. The Hall–Kier alpha value is -3.86. The van der Waals surface area contributed by atoms with Gasteiger partial charge in [0.05, 0.1) is 20.8 Å². The Balaban J connectivity index is 1.22. The maximum atomic E-state index is 4.21. The minimum absolute atomic E-state index is 0.0676. The number of fused-ring (bicyclic) bond motifs is 3. The van der Waals surface area contributed by atoms with Crippen molar-refractivity contribution < 1.29 is 0 Å². The van der Waals surface area contributed by atoms with Crippen molar-refractivity contribution >= 4 is 22.7 Å². The van der Waals surface area contributed by atoms with Crippen molar-refractivity contribution in [1.82, 2.24) is 9.97 Å². The normalized spacial score (nSPS) is 13.4. The van der Waals surface area contributed by atoms with Gasteiger partial charge in [-0.2, -0.15) is 0 Å². The molecule has 7 rings (SSSR count). The highest BCUT2D eigenvalue weighted by molar-refractivity contribution is 7.13. The Kier molecular flexibility index (Phi) is 5.20. The summed E-state index contributed by atoms with van der Waals surface area (Å²) >= 11 is 3.35. The Labute approximate surface area is 225 Å². The molecule has 0 amide bonds. The summed E-state index contributed by atoms with van der Waals surface area (Å²) in [5.74, 6) is 0. The average molecular weight is 513 g/mol. The van der Waals surface area contributed by atoms with Crippen molar-refractivity contribution in [2.45, 2.75) is 19.3 Å². The highest BCUT2D eigenvalue weighted by Crippen LogP contribution is 2.50. The van der Waals surface area contributed by atoms with E-state index in [1.54, 1.807) is 22.7 Å². The van der Waals surface area contributed by atoms with E-state index in [1.165, 1.54) is 65.4 Å². The molecule has 0 radical (unpaired) electrons. The molecule has 6 aromatic rings. The molecule has 0 fully saturated rings. The molecule has 2 aromatic heterocycles. The zero-order valence-corrected chi connectivity index (χ0v) is 22.2. The van der Waals surface area contributed by atoms with Gasteiger partial charge in [0.2, 0.25) is 0 Å². The third kappa shape index (κ3) is 3.76. The van der Waals surface area contributed by atoms with Crippen LogP contribution in [-0.4, -0.2) is 9.97 Å². The maximum Gasteiger partial charge on any atom is 0.0797 e. The van der Waals surface area contributed by atoms with Crippen LogP contribution in [0.15, 0.2) is 108 Å². The Morgan fingerprint density at radius 2 is 0.865 bits per heavy atom. The van der Waals surface area contributed by atoms with Gasteiger partial charge < -0.3 is 0 Å². The van der Waals surface area contributed by atoms with E-state index < -0.39 is 0 Å². The van der Waals surface area contributed by atoms with Crippen LogP contribution in [0.4, 0.5) is 0 Å². The van der Waals surface area contributed by atoms with Gasteiger partial charge in [0.15, 0.2) is 0 Å². The number of rotatable bonds is 4. The van der Waals surface area contributed by atoms with Gasteiger partial charge in [-0.05, 0) is 67.8 Å². The summed E-state index contributed by atoms with van der Waals surface area (Å²) in [6.07, 6.45) is 3.86. The molecule has 37 heavy (non-hydrogen) atoms. The second kappa shape index (κ2) is 8.62. The third-order valence-corrected chi connectivity index (χ3v) is 9.19. The van der Waals surface area contributed by atoms with Crippen molar-refractivity contribution in [3.63, 3.8) is 0 Å². The number of thiazole rings is 2. The molecule has 0 N–H and O–H groups in total. The van der Waals surface area contributed by atoms with E-state index in [2.05, 4.69) is 109 Å². The van der Waals surface area contributed by atoms with E-state index >= 15 is 0 Å². The predicted octanol–water partition coefficient (Wildman–Crippen LogP) is 9.57. The molecule has 0 spiro atoms. The van der Waals surface area contributed by atoms with Crippen molar-refractivity contribution in [2.24, 2.45) is 0 Å². The van der Waals surface area contributed by atoms with Gasteiger partial charge in [0.1, 0.15) is 0 Å². The van der Waals surface area contributed by atoms with E-state index in [0.717, 1.165) is 0 Å². The lowest BCUT2D eigenvalue weighted by Gasteiger charge is -2.22. The van der Waals surface area contributed by atoms with Gasteiger partial charge in [-0.1, -0.05) is 86.6 Å². The zero-order chi connectivity index (χ0) is 25.0. The minimum atomic E-state index is -0.0676. The summed E-state index contributed by atoms with van der Waals surface area (Å²) in [4.78, 5) is 10.8. The van der Waals surface area contributed by atoms with E-state index in [-0.39, 0.29) is 5.41 Å². The van der Waals surface area contributed by atoms with E-state index in [1.807, 2.05) is 23.4 Å². The fourth-order valence-corrected chi connectivity index (χ4v) is 6.73. The first-order valence-electron chi connectivity index (χ1n) is 12.4. The molecule has 0 aliphatic heterocycles. The van der Waals surface area contributed by atoms with Gasteiger partial charge >= 0.3 is 0 Å². The summed E-state index contributed by atoms with van der Waals surface area (Å²) in [6.45, 7) is 4.70. The number of hydrogen-bond acceptors (Lipinski definition) is 4. The van der Waals surface area contributed by atoms with Crippen LogP contribution in [0.1, 0.15) is 25.0 Å². The van der Waals surface area contributed by atoms with E-state index in [0.29, 0.717) is 0 Å². The van der Waals surface area contributed by atoms with Crippen LogP contribution in [-0.2, 0) is 5.41 Å². The molecule has 1 aliphatic carbocycles. The van der Waals surface area contributed by atoms with Crippen LogP contribution in [0, 0.1) is 0 Å². The molecule has 2 nitrogen and oxygen atoms in total. The van der Waals surface area contributed by atoms with Crippen LogP contribution >= 0.6 is 22.7 Å². The highest BCUT2D eigenvalue weighted by atomic mass is 32.1. The summed E-state index contributed by atoms with van der Waals surface area (Å²) < 4.78 is 0. The number of nitrogens with zero attached hydrogens (tertiary/aromatic N) is 2. The van der Waals surface area contributed by atoms with Crippen molar-refractivity contribution in [3.05, 3.63) is 119 Å². The fraction of sp³-hybridized carbons (Fsp3) is 0.0909. The molecular formula is C33H24N2S2. The fourth-order valence-electron chi connectivity index (χ4n) is 5.47. The molecule has 0 bridgehead atoms. The Bertz CT molecular complexity index is 1580. The molecule has 1 aliphatic rings. The summed E-state index contributed by atoms with van der Waals surface area (Å²) in [7, 11) is 0. The van der Waals surface area contributed by atoms with Crippen LogP contribution < -0.4 is 0 Å². The van der Waals surface area contributed by atoms with Crippen molar-refractivity contribution in [2.75, 3.05) is 0 Å². The van der Waals surface area contributed by atoms with E-state index in [9.17, 15) is 0 Å². The largest absolute Gasteiger partial charge is 0.252 e. The quantitative estimate of drug-likeness (QED) is 0.235. The second-order valence-electron chi connectivity index (χ2n) is 10.0. The molecule has 2 heterocycles. The molecular weight excluding hydrogens is 489 g/mol. The molecule has 0 saturated heterocycles. The lowest BCUT2D eigenvalue weighted by Crippen LogP contribution is -2.15. The lowest BCUT2D eigenvalue weighted by atomic mass is 9.81. The maximum absolute atomic E-state index is 4.21. The number of aromatic nitrogens is 2. The SMILES string of the molecule is CC1(C)c2cc(-c3ccc(-c4cncs4)cc3)ccc2-c2ccc(-c3ccc(-c4cncs4)cc3)cc21. The molecule has 0 unspecified atom stereocenters. The second-order valence-corrected chi connectivity index (χ2v) is 11.8. The monoisotopic (exact) mass is 512 g/mol. The third-order valence-electron chi connectivity index (χ3n) is 7.55. The van der Waals surface area contributed by atoms with Gasteiger partial charge in [-0.25, -0.2) is 0 Å². The molecule has 0 saturated carbocycles. The molecule has 0 atom stereocenters. The zero-order valence-electron chi connectivity index (χ0n) is 20.6. The first kappa shape index (κ1) is 22.3. The topological polar surface area (TPSA) is 25.8 Å². The molecule has 4 heteroatoms. The average Bonchev–Trinajstić information content (AvgIpc) is 3.71. The van der Waals surface area contributed by atoms with Gasteiger partial charge in [0.25, 0.3) is 0 Å². The van der Waals surface area contributed by atoms with Crippen LogP contribution in [0.2, 0.25) is 0 Å². The minimum Gasteiger partial charge on any atom is -0.252 e. The number of hydrogen-bond donors (Lipinski definition) is 0. The molecule has 178 valence electrons. The Morgan fingerprint density at radius 1 is 0.486 bits per heavy atom. The van der Waals surface area contributed by atoms with Crippen LogP contribution in [0.3, 0.4) is 0 Å². The van der Waals surface area contributed by atoms with E-state index in [4.69, 9.17) is 0 Å². The van der Waals surface area contributed by atoms with Crippen LogP contribution in [0.25, 0.3) is 54.3 Å². The van der Waals surface area contributed by atoms with Crippen molar-refractivity contribution in [3.8, 4) is 54.3 Å². The number of benzene rings is 4. The summed E-state index contributed by atoms with van der Waals surface area (Å²) in [5.41, 5.74) is 16.6.